The van der Waals surface area contributed by atoms with Crippen molar-refractivity contribution in [1.82, 2.24) is 14.8 Å². The van der Waals surface area contributed by atoms with E-state index in [4.69, 9.17) is 4.74 Å². The molecule has 128 valence electrons. The Balaban J connectivity index is 1.86. The SMILES string of the molecule is CCOCC(=O)Nc1cc(-c2nnc3n2CCCCC3)ccc1F. The Bertz CT molecular complexity index is 729. The fourth-order valence-corrected chi connectivity index (χ4v) is 2.84. The van der Waals surface area contributed by atoms with Crippen molar-refractivity contribution in [3.05, 3.63) is 29.8 Å². The lowest BCUT2D eigenvalue weighted by atomic mass is 10.1. The van der Waals surface area contributed by atoms with Gasteiger partial charge in [0.25, 0.3) is 0 Å². The summed E-state index contributed by atoms with van der Waals surface area (Å²) in [7, 11) is 0. The molecule has 1 N–H and O–H groups in total. The number of anilines is 1. The second-order valence-corrected chi connectivity index (χ2v) is 5.78. The summed E-state index contributed by atoms with van der Waals surface area (Å²) in [4.78, 5) is 11.8. The monoisotopic (exact) mass is 332 g/mol. The highest BCUT2D eigenvalue weighted by Gasteiger charge is 2.17. The van der Waals surface area contributed by atoms with Gasteiger partial charge in [0, 0.05) is 25.1 Å². The normalized spacial score (nSPS) is 14.1. The topological polar surface area (TPSA) is 69.0 Å². The number of benzene rings is 1. The van der Waals surface area contributed by atoms with E-state index >= 15 is 0 Å². The molecule has 0 aliphatic carbocycles. The maximum absolute atomic E-state index is 14.0. The van der Waals surface area contributed by atoms with Gasteiger partial charge in [-0.15, -0.1) is 10.2 Å². The maximum atomic E-state index is 14.0. The number of nitrogens with zero attached hydrogens (tertiary/aromatic N) is 3. The van der Waals surface area contributed by atoms with Gasteiger partial charge in [-0.05, 0) is 38.0 Å². The molecule has 2 aromatic rings. The Hall–Kier alpha value is -2.28. The fraction of sp³-hybridized carbons (Fsp3) is 0.471. The van der Waals surface area contributed by atoms with Crippen molar-refractivity contribution < 1.29 is 13.9 Å². The van der Waals surface area contributed by atoms with Crippen LogP contribution in [0.25, 0.3) is 11.4 Å². The molecule has 1 aliphatic heterocycles. The van der Waals surface area contributed by atoms with Crippen LogP contribution in [0.5, 0.6) is 0 Å². The van der Waals surface area contributed by atoms with E-state index in [-0.39, 0.29) is 18.2 Å². The first kappa shape index (κ1) is 16.6. The maximum Gasteiger partial charge on any atom is 0.250 e. The lowest BCUT2D eigenvalue weighted by Crippen LogP contribution is -2.19. The van der Waals surface area contributed by atoms with Crippen molar-refractivity contribution in [2.45, 2.75) is 39.2 Å². The summed E-state index contributed by atoms with van der Waals surface area (Å²) in [6.07, 6.45) is 4.27. The van der Waals surface area contributed by atoms with Crippen LogP contribution in [-0.4, -0.2) is 33.9 Å². The van der Waals surface area contributed by atoms with Crippen molar-refractivity contribution in [2.75, 3.05) is 18.5 Å². The number of hydrogen-bond donors (Lipinski definition) is 1. The number of hydrogen-bond acceptors (Lipinski definition) is 4. The molecule has 1 aliphatic rings. The number of halogens is 1. The van der Waals surface area contributed by atoms with Crippen LogP contribution in [0.3, 0.4) is 0 Å². The minimum Gasteiger partial charge on any atom is -0.372 e. The molecule has 0 bridgehead atoms. The number of rotatable bonds is 5. The standard InChI is InChI=1S/C17H21FN4O2/c1-2-24-11-16(23)19-14-10-12(7-8-13(14)18)17-21-20-15-6-4-3-5-9-22(15)17/h7-8,10H,2-6,9,11H2,1H3,(H,19,23). The third kappa shape index (κ3) is 3.62. The van der Waals surface area contributed by atoms with Gasteiger partial charge in [0.15, 0.2) is 5.82 Å². The van der Waals surface area contributed by atoms with E-state index in [0.29, 0.717) is 12.4 Å². The zero-order valence-corrected chi connectivity index (χ0v) is 13.7. The molecule has 1 amide bonds. The largest absolute Gasteiger partial charge is 0.372 e. The van der Waals surface area contributed by atoms with E-state index in [1.807, 2.05) is 0 Å². The lowest BCUT2D eigenvalue weighted by molar-refractivity contribution is -0.120. The van der Waals surface area contributed by atoms with Gasteiger partial charge < -0.3 is 14.6 Å². The van der Waals surface area contributed by atoms with Crippen molar-refractivity contribution in [3.8, 4) is 11.4 Å². The van der Waals surface area contributed by atoms with Crippen LogP contribution in [0.1, 0.15) is 32.0 Å². The van der Waals surface area contributed by atoms with Crippen molar-refractivity contribution >= 4 is 11.6 Å². The molecule has 2 heterocycles. The zero-order chi connectivity index (χ0) is 16.9. The van der Waals surface area contributed by atoms with Gasteiger partial charge in [0.1, 0.15) is 18.2 Å². The Kier molecular flexibility index (Phi) is 5.20. The van der Waals surface area contributed by atoms with E-state index in [9.17, 15) is 9.18 Å². The molecule has 24 heavy (non-hydrogen) atoms. The molecule has 0 atom stereocenters. The van der Waals surface area contributed by atoms with Crippen molar-refractivity contribution in [1.29, 1.82) is 0 Å². The lowest BCUT2D eigenvalue weighted by Gasteiger charge is -2.10. The number of amides is 1. The van der Waals surface area contributed by atoms with Crippen LogP contribution in [-0.2, 0) is 22.5 Å². The number of ether oxygens (including phenoxy) is 1. The van der Waals surface area contributed by atoms with E-state index < -0.39 is 5.82 Å². The van der Waals surface area contributed by atoms with Crippen LogP contribution < -0.4 is 5.32 Å². The Morgan fingerprint density at radius 3 is 3.04 bits per heavy atom. The zero-order valence-electron chi connectivity index (χ0n) is 13.7. The molecule has 0 saturated carbocycles. The number of aryl methyl sites for hydroxylation is 1. The molecule has 7 heteroatoms. The second kappa shape index (κ2) is 7.53. The predicted molar refractivity (Wildman–Crippen MR) is 88.1 cm³/mol. The summed E-state index contributed by atoms with van der Waals surface area (Å²) >= 11 is 0. The van der Waals surface area contributed by atoms with Crippen LogP contribution in [0.15, 0.2) is 18.2 Å². The van der Waals surface area contributed by atoms with Crippen molar-refractivity contribution in [3.63, 3.8) is 0 Å². The van der Waals surface area contributed by atoms with Gasteiger partial charge in [-0.3, -0.25) is 4.79 Å². The summed E-state index contributed by atoms with van der Waals surface area (Å²) in [5.41, 5.74) is 0.868. The van der Waals surface area contributed by atoms with E-state index in [1.165, 1.54) is 12.5 Å². The third-order valence-corrected chi connectivity index (χ3v) is 4.05. The molecule has 1 aromatic heterocycles. The van der Waals surface area contributed by atoms with Gasteiger partial charge in [-0.25, -0.2) is 4.39 Å². The average molecular weight is 332 g/mol. The minimum atomic E-state index is -0.487. The molecule has 1 aromatic carbocycles. The van der Waals surface area contributed by atoms with Crippen LogP contribution >= 0.6 is 0 Å². The van der Waals surface area contributed by atoms with Crippen LogP contribution in [0.4, 0.5) is 10.1 Å². The van der Waals surface area contributed by atoms with E-state index in [1.54, 1.807) is 19.1 Å². The van der Waals surface area contributed by atoms with Crippen molar-refractivity contribution in [2.24, 2.45) is 0 Å². The second-order valence-electron chi connectivity index (χ2n) is 5.78. The third-order valence-electron chi connectivity index (χ3n) is 4.05. The number of fused-ring (bicyclic) bond motifs is 1. The Morgan fingerprint density at radius 1 is 1.33 bits per heavy atom. The quantitative estimate of drug-likeness (QED) is 0.914. The number of aromatic nitrogens is 3. The average Bonchev–Trinajstić information content (AvgIpc) is 2.83. The fourth-order valence-electron chi connectivity index (χ4n) is 2.84. The number of nitrogens with one attached hydrogen (secondary N) is 1. The predicted octanol–water partition coefficient (Wildman–Crippen LogP) is 2.79. The molecule has 0 saturated heterocycles. The first-order chi connectivity index (χ1) is 11.7. The van der Waals surface area contributed by atoms with Crippen LogP contribution in [0.2, 0.25) is 0 Å². The summed E-state index contributed by atoms with van der Waals surface area (Å²) in [6.45, 7) is 2.99. The first-order valence-electron chi connectivity index (χ1n) is 8.28. The Morgan fingerprint density at radius 2 is 2.21 bits per heavy atom. The van der Waals surface area contributed by atoms with Gasteiger partial charge >= 0.3 is 0 Å². The highest BCUT2D eigenvalue weighted by Crippen LogP contribution is 2.26. The smallest absolute Gasteiger partial charge is 0.250 e. The number of carbonyl (C=O) groups excluding carboxylic acids is 1. The highest BCUT2D eigenvalue weighted by molar-refractivity contribution is 5.92. The van der Waals surface area contributed by atoms with Gasteiger partial charge in [-0.1, -0.05) is 6.42 Å². The molecule has 0 radical (unpaired) electrons. The Labute approximate surface area is 140 Å². The molecule has 0 spiro atoms. The molecular weight excluding hydrogens is 311 g/mol. The molecule has 0 fully saturated rings. The highest BCUT2D eigenvalue weighted by atomic mass is 19.1. The van der Waals surface area contributed by atoms with E-state index in [0.717, 1.165) is 37.2 Å². The first-order valence-corrected chi connectivity index (χ1v) is 8.28. The summed E-state index contributed by atoms with van der Waals surface area (Å²) in [6, 6.07) is 4.60. The molecule has 3 rings (SSSR count). The molecule has 6 nitrogen and oxygen atoms in total. The van der Waals surface area contributed by atoms with Crippen LogP contribution in [0, 0.1) is 5.82 Å². The summed E-state index contributed by atoms with van der Waals surface area (Å²) in [5, 5.41) is 11.1. The van der Waals surface area contributed by atoms with Gasteiger partial charge in [0.05, 0.1) is 5.69 Å². The van der Waals surface area contributed by atoms with Gasteiger partial charge in [0.2, 0.25) is 5.91 Å². The number of carbonyl (C=O) groups is 1. The summed E-state index contributed by atoms with van der Waals surface area (Å²) < 4.78 is 21.1. The molecular formula is C17H21FN4O2. The minimum absolute atomic E-state index is 0.0967. The van der Waals surface area contributed by atoms with E-state index in [2.05, 4.69) is 20.1 Å². The van der Waals surface area contributed by atoms with Gasteiger partial charge in [-0.2, -0.15) is 0 Å². The summed E-state index contributed by atoms with van der Waals surface area (Å²) in [5.74, 6) is 0.813. The molecule has 0 unspecified atom stereocenters.